The van der Waals surface area contributed by atoms with E-state index in [1.807, 2.05) is 20.8 Å². The molecule has 0 aliphatic carbocycles. The zero-order valence-corrected chi connectivity index (χ0v) is 21.1. The average molecular weight is 493 g/mol. The van der Waals surface area contributed by atoms with Crippen LogP contribution in [0.4, 0.5) is 13.6 Å². The number of benzene rings is 1. The van der Waals surface area contributed by atoms with Crippen molar-refractivity contribution in [3.63, 3.8) is 0 Å². The molecule has 2 amide bonds. The first-order valence-corrected chi connectivity index (χ1v) is 11.7. The van der Waals surface area contributed by atoms with Crippen LogP contribution in [0.15, 0.2) is 18.2 Å². The molecule has 3 rings (SSSR count). The van der Waals surface area contributed by atoms with Crippen LogP contribution in [-0.2, 0) is 17.8 Å². The largest absolute Gasteiger partial charge is 0.444 e. The molecule has 0 radical (unpaired) electrons. The van der Waals surface area contributed by atoms with E-state index in [4.69, 9.17) is 4.74 Å². The Kier molecular flexibility index (Phi) is 7.54. The van der Waals surface area contributed by atoms with E-state index in [0.29, 0.717) is 36.6 Å². The third kappa shape index (κ3) is 6.17. The van der Waals surface area contributed by atoms with Gasteiger partial charge in [-0.2, -0.15) is 0 Å². The van der Waals surface area contributed by atoms with Gasteiger partial charge in [-0.05, 0) is 50.8 Å². The number of imidazole rings is 1. The number of amides is 2. The Hall–Kier alpha value is -3.01. The number of fused-ring (bicyclic) bond motifs is 1. The standard InChI is InChI=1S/C25H34F2N4O4/c1-24(2,3)19(14-32)28-22(33)20-18-13-30(23(34)35-25(4,5)6)10-7-11-31(18)21(29-20)15-8-9-16(26)17(27)12-15/h8-9,12,19,32H,7,10-11,13-14H2,1-6H3,(H,28,33)/t19-/m1/s1. The number of ether oxygens (including phenoxy) is 1. The maximum absolute atomic E-state index is 14.0. The minimum absolute atomic E-state index is 0.0493. The summed E-state index contributed by atoms with van der Waals surface area (Å²) < 4.78 is 34.9. The summed E-state index contributed by atoms with van der Waals surface area (Å²) in [6, 6.07) is 2.90. The molecule has 0 fully saturated rings. The molecule has 2 aromatic rings. The van der Waals surface area contributed by atoms with Crippen molar-refractivity contribution in [2.24, 2.45) is 5.41 Å². The second-order valence-corrected chi connectivity index (χ2v) is 10.8. The zero-order valence-electron chi connectivity index (χ0n) is 21.1. The van der Waals surface area contributed by atoms with Crippen molar-refractivity contribution < 1.29 is 28.2 Å². The summed E-state index contributed by atoms with van der Waals surface area (Å²) in [5, 5.41) is 12.6. The lowest BCUT2D eigenvalue weighted by Crippen LogP contribution is -2.46. The molecule has 192 valence electrons. The van der Waals surface area contributed by atoms with Crippen molar-refractivity contribution in [1.29, 1.82) is 0 Å². The number of carbonyl (C=O) groups is 2. The molecular weight excluding hydrogens is 458 g/mol. The van der Waals surface area contributed by atoms with Crippen LogP contribution in [0.2, 0.25) is 0 Å². The van der Waals surface area contributed by atoms with Gasteiger partial charge in [-0.3, -0.25) is 4.79 Å². The predicted molar refractivity (Wildman–Crippen MR) is 127 cm³/mol. The molecule has 1 aliphatic rings. The summed E-state index contributed by atoms with van der Waals surface area (Å²) in [7, 11) is 0. The first-order chi connectivity index (χ1) is 16.2. The predicted octanol–water partition coefficient (Wildman–Crippen LogP) is 4.11. The molecule has 0 unspecified atom stereocenters. The van der Waals surface area contributed by atoms with Gasteiger partial charge in [0, 0.05) is 18.7 Å². The molecule has 8 nitrogen and oxygen atoms in total. The Balaban J connectivity index is 2.07. The van der Waals surface area contributed by atoms with E-state index in [0.717, 1.165) is 12.1 Å². The van der Waals surface area contributed by atoms with Gasteiger partial charge in [0.15, 0.2) is 17.3 Å². The van der Waals surface area contributed by atoms with E-state index >= 15 is 0 Å². The Morgan fingerprint density at radius 1 is 1.14 bits per heavy atom. The van der Waals surface area contributed by atoms with Gasteiger partial charge in [0.1, 0.15) is 11.4 Å². The molecule has 0 spiro atoms. The van der Waals surface area contributed by atoms with Crippen LogP contribution >= 0.6 is 0 Å². The molecule has 1 aliphatic heterocycles. The molecule has 0 bridgehead atoms. The number of hydrogen-bond donors (Lipinski definition) is 2. The summed E-state index contributed by atoms with van der Waals surface area (Å²) in [5.74, 6) is -2.24. The average Bonchev–Trinajstić information content (AvgIpc) is 2.94. The van der Waals surface area contributed by atoms with Gasteiger partial charge < -0.3 is 24.6 Å². The maximum atomic E-state index is 14.0. The van der Waals surface area contributed by atoms with Gasteiger partial charge in [-0.25, -0.2) is 18.6 Å². The van der Waals surface area contributed by atoms with Crippen molar-refractivity contribution in [3.05, 3.63) is 41.2 Å². The van der Waals surface area contributed by atoms with Crippen LogP contribution in [0.25, 0.3) is 11.4 Å². The summed E-state index contributed by atoms with van der Waals surface area (Å²) in [6.07, 6.45) is 0.0255. The molecule has 1 aromatic heterocycles. The monoisotopic (exact) mass is 492 g/mol. The number of halogens is 2. The molecule has 35 heavy (non-hydrogen) atoms. The quantitative estimate of drug-likeness (QED) is 0.670. The smallest absolute Gasteiger partial charge is 0.410 e. The Bertz CT molecular complexity index is 1100. The summed E-state index contributed by atoms with van der Waals surface area (Å²) in [4.78, 5) is 32.2. The van der Waals surface area contributed by atoms with Crippen molar-refractivity contribution in [3.8, 4) is 11.4 Å². The number of carbonyl (C=O) groups excluding carboxylic acids is 2. The molecule has 0 saturated carbocycles. The summed E-state index contributed by atoms with van der Waals surface area (Å²) >= 11 is 0. The molecule has 2 N–H and O–H groups in total. The van der Waals surface area contributed by atoms with Crippen molar-refractivity contribution >= 4 is 12.0 Å². The zero-order chi connectivity index (χ0) is 26.1. The highest BCUT2D eigenvalue weighted by atomic mass is 19.2. The minimum atomic E-state index is -1.03. The lowest BCUT2D eigenvalue weighted by molar-refractivity contribution is 0.0235. The number of nitrogens with zero attached hydrogens (tertiary/aromatic N) is 3. The van der Waals surface area contributed by atoms with Crippen LogP contribution in [0.3, 0.4) is 0 Å². The van der Waals surface area contributed by atoms with Gasteiger partial charge in [0.2, 0.25) is 0 Å². The van der Waals surface area contributed by atoms with Gasteiger partial charge in [0.25, 0.3) is 5.91 Å². The molecule has 2 heterocycles. The van der Waals surface area contributed by atoms with Crippen LogP contribution in [0.5, 0.6) is 0 Å². The highest BCUT2D eigenvalue weighted by molar-refractivity contribution is 5.94. The van der Waals surface area contributed by atoms with E-state index in [9.17, 15) is 23.5 Å². The van der Waals surface area contributed by atoms with E-state index in [-0.39, 0.29) is 18.8 Å². The third-order valence-corrected chi connectivity index (χ3v) is 5.80. The van der Waals surface area contributed by atoms with Crippen LogP contribution in [0.1, 0.15) is 64.1 Å². The number of rotatable bonds is 4. The first-order valence-electron chi connectivity index (χ1n) is 11.7. The molecule has 0 saturated heterocycles. The number of hydrogen-bond acceptors (Lipinski definition) is 5. The van der Waals surface area contributed by atoms with Crippen LogP contribution < -0.4 is 5.32 Å². The number of aliphatic hydroxyl groups is 1. The van der Waals surface area contributed by atoms with Crippen molar-refractivity contribution in [2.75, 3.05) is 13.2 Å². The molecule has 1 aromatic carbocycles. The first kappa shape index (κ1) is 26.6. The van der Waals surface area contributed by atoms with E-state index in [1.54, 1.807) is 25.3 Å². The fourth-order valence-electron chi connectivity index (χ4n) is 3.85. The maximum Gasteiger partial charge on any atom is 0.410 e. The highest BCUT2D eigenvalue weighted by Gasteiger charge is 2.33. The molecule has 1 atom stereocenters. The van der Waals surface area contributed by atoms with Crippen molar-refractivity contribution in [2.45, 2.75) is 72.7 Å². The number of nitrogens with one attached hydrogen (secondary N) is 1. The molecule has 10 heteroatoms. The second kappa shape index (κ2) is 9.93. The summed E-state index contributed by atoms with van der Waals surface area (Å²) in [6.45, 7) is 11.6. The highest BCUT2D eigenvalue weighted by Crippen LogP contribution is 2.29. The van der Waals surface area contributed by atoms with Crippen molar-refractivity contribution in [1.82, 2.24) is 19.8 Å². The van der Waals surface area contributed by atoms with Gasteiger partial charge >= 0.3 is 6.09 Å². The fraction of sp³-hybridized carbons (Fsp3) is 0.560. The lowest BCUT2D eigenvalue weighted by atomic mass is 9.87. The normalized spacial score (nSPS) is 15.3. The Labute approximate surface area is 204 Å². The third-order valence-electron chi connectivity index (χ3n) is 5.80. The minimum Gasteiger partial charge on any atom is -0.444 e. The van der Waals surface area contributed by atoms with Gasteiger partial charge in [0.05, 0.1) is 24.9 Å². The lowest BCUT2D eigenvalue weighted by Gasteiger charge is -2.29. The van der Waals surface area contributed by atoms with Gasteiger partial charge in [-0.1, -0.05) is 20.8 Å². The number of aliphatic hydroxyl groups excluding tert-OH is 1. The van der Waals surface area contributed by atoms with E-state index in [1.165, 1.54) is 11.0 Å². The van der Waals surface area contributed by atoms with Gasteiger partial charge in [-0.15, -0.1) is 0 Å². The number of aromatic nitrogens is 2. The summed E-state index contributed by atoms with van der Waals surface area (Å²) in [5.41, 5.74) is -0.294. The van der Waals surface area contributed by atoms with E-state index < -0.39 is 40.7 Å². The Morgan fingerprint density at radius 3 is 2.40 bits per heavy atom. The van der Waals surface area contributed by atoms with Crippen LogP contribution in [0, 0.1) is 17.0 Å². The molecular formula is C25H34F2N4O4. The fourth-order valence-corrected chi connectivity index (χ4v) is 3.85. The van der Waals surface area contributed by atoms with Crippen LogP contribution in [-0.4, -0.2) is 56.4 Å². The Morgan fingerprint density at radius 2 is 1.83 bits per heavy atom. The SMILES string of the molecule is CC(C)(C)OC(=O)N1CCCn2c(-c3ccc(F)c(F)c3)nc(C(=O)N[C@H](CO)C(C)(C)C)c2C1. The topological polar surface area (TPSA) is 96.7 Å². The van der Waals surface area contributed by atoms with E-state index in [2.05, 4.69) is 10.3 Å². The second-order valence-electron chi connectivity index (χ2n) is 10.8.